The van der Waals surface area contributed by atoms with Crippen LogP contribution >= 0.6 is 0 Å². The Morgan fingerprint density at radius 2 is 1.79 bits per heavy atom. The Morgan fingerprint density at radius 3 is 2.52 bits per heavy atom. The second-order valence-electron chi connectivity index (χ2n) is 6.92. The minimum absolute atomic E-state index is 0.573. The third kappa shape index (κ3) is 4.43. The van der Waals surface area contributed by atoms with Gasteiger partial charge in [-0.2, -0.15) is 0 Å². The van der Waals surface area contributed by atoms with Crippen molar-refractivity contribution < 1.29 is 4.74 Å². The maximum atomic E-state index is 5.58. The van der Waals surface area contributed by atoms with E-state index in [1.807, 2.05) is 67.1 Å². The first-order valence-electron chi connectivity index (χ1n) is 9.45. The van der Waals surface area contributed by atoms with E-state index in [2.05, 4.69) is 32.4 Å². The SMILES string of the molecule is COc1cc(Nc2nc(C)cc(Cc3ccccc3)n2)ccc1-n1cnc(C)c1. The normalized spacial score (nSPS) is 10.7. The third-order valence-electron chi connectivity index (χ3n) is 4.56. The molecule has 4 rings (SSSR count). The molecular formula is C23H23N5O. The van der Waals surface area contributed by atoms with Crippen LogP contribution in [0, 0.1) is 13.8 Å². The summed E-state index contributed by atoms with van der Waals surface area (Å²) in [4.78, 5) is 13.5. The molecule has 0 aliphatic carbocycles. The number of nitrogens with one attached hydrogen (secondary N) is 1. The minimum atomic E-state index is 0.573. The van der Waals surface area contributed by atoms with Crippen molar-refractivity contribution in [1.29, 1.82) is 0 Å². The van der Waals surface area contributed by atoms with Crippen molar-refractivity contribution >= 4 is 11.6 Å². The molecule has 0 spiro atoms. The molecule has 0 aliphatic rings. The fraction of sp³-hybridized carbons (Fsp3) is 0.174. The van der Waals surface area contributed by atoms with E-state index in [0.29, 0.717) is 5.95 Å². The van der Waals surface area contributed by atoms with Gasteiger partial charge in [0, 0.05) is 30.1 Å². The number of hydrogen-bond acceptors (Lipinski definition) is 5. The summed E-state index contributed by atoms with van der Waals surface area (Å²) in [6.45, 7) is 3.94. The summed E-state index contributed by atoms with van der Waals surface area (Å²) in [7, 11) is 1.66. The van der Waals surface area contributed by atoms with Crippen LogP contribution in [0.15, 0.2) is 67.1 Å². The second-order valence-corrected chi connectivity index (χ2v) is 6.92. The molecule has 0 radical (unpaired) electrons. The predicted molar refractivity (Wildman–Crippen MR) is 114 cm³/mol. The number of benzene rings is 2. The number of methoxy groups -OCH3 is 1. The minimum Gasteiger partial charge on any atom is -0.494 e. The molecule has 0 saturated carbocycles. The highest BCUT2D eigenvalue weighted by Crippen LogP contribution is 2.28. The molecule has 0 amide bonds. The zero-order valence-corrected chi connectivity index (χ0v) is 16.8. The lowest BCUT2D eigenvalue weighted by atomic mass is 10.1. The van der Waals surface area contributed by atoms with E-state index < -0.39 is 0 Å². The molecule has 0 saturated heterocycles. The quantitative estimate of drug-likeness (QED) is 0.525. The monoisotopic (exact) mass is 385 g/mol. The van der Waals surface area contributed by atoms with Crippen molar-refractivity contribution in [3.05, 3.63) is 89.8 Å². The van der Waals surface area contributed by atoms with Gasteiger partial charge in [-0.25, -0.2) is 15.0 Å². The number of anilines is 2. The maximum absolute atomic E-state index is 5.58. The van der Waals surface area contributed by atoms with Gasteiger partial charge in [-0.15, -0.1) is 0 Å². The lowest BCUT2D eigenvalue weighted by molar-refractivity contribution is 0.413. The summed E-state index contributed by atoms with van der Waals surface area (Å²) in [6, 6.07) is 18.2. The van der Waals surface area contributed by atoms with Gasteiger partial charge in [-0.05, 0) is 37.6 Å². The fourth-order valence-electron chi connectivity index (χ4n) is 3.24. The molecule has 0 bridgehead atoms. The molecule has 29 heavy (non-hydrogen) atoms. The average Bonchev–Trinajstić information content (AvgIpc) is 3.14. The molecule has 0 atom stereocenters. The van der Waals surface area contributed by atoms with E-state index in [4.69, 9.17) is 4.74 Å². The van der Waals surface area contributed by atoms with Crippen LogP contribution in [0.2, 0.25) is 0 Å². The van der Waals surface area contributed by atoms with Gasteiger partial charge in [0.2, 0.25) is 5.95 Å². The van der Waals surface area contributed by atoms with Crippen molar-refractivity contribution in [3.8, 4) is 11.4 Å². The Bertz CT molecular complexity index is 1120. The molecule has 0 aliphatic heterocycles. The summed E-state index contributed by atoms with van der Waals surface area (Å²) in [6.07, 6.45) is 4.51. The van der Waals surface area contributed by atoms with E-state index in [9.17, 15) is 0 Å². The lowest BCUT2D eigenvalue weighted by Crippen LogP contribution is -2.03. The molecule has 2 aromatic heterocycles. The van der Waals surface area contributed by atoms with Gasteiger partial charge in [0.1, 0.15) is 5.75 Å². The second kappa shape index (κ2) is 8.14. The average molecular weight is 385 g/mol. The molecule has 2 heterocycles. The number of rotatable bonds is 6. The zero-order chi connectivity index (χ0) is 20.2. The zero-order valence-electron chi connectivity index (χ0n) is 16.8. The largest absolute Gasteiger partial charge is 0.494 e. The number of hydrogen-bond donors (Lipinski definition) is 1. The number of ether oxygens (including phenoxy) is 1. The first-order valence-corrected chi connectivity index (χ1v) is 9.45. The van der Waals surface area contributed by atoms with E-state index in [1.165, 1.54) is 5.56 Å². The summed E-state index contributed by atoms with van der Waals surface area (Å²) < 4.78 is 7.53. The van der Waals surface area contributed by atoms with Crippen molar-refractivity contribution in [2.24, 2.45) is 0 Å². The highest BCUT2D eigenvalue weighted by molar-refractivity contribution is 5.62. The standard InChI is InChI=1S/C23H23N5O/c1-16-11-20(12-18-7-5-4-6-8-18)27-23(25-16)26-19-9-10-21(22(13-19)29-3)28-14-17(2)24-15-28/h4-11,13-15H,12H2,1-3H3,(H,25,26,27). The molecular weight excluding hydrogens is 362 g/mol. The molecule has 6 heteroatoms. The van der Waals surface area contributed by atoms with Crippen LogP contribution in [0.1, 0.15) is 22.6 Å². The van der Waals surface area contributed by atoms with Crippen molar-refractivity contribution in [3.63, 3.8) is 0 Å². The van der Waals surface area contributed by atoms with Gasteiger partial charge in [-0.3, -0.25) is 0 Å². The molecule has 2 aromatic carbocycles. The first kappa shape index (κ1) is 18.7. The highest BCUT2D eigenvalue weighted by Gasteiger charge is 2.09. The molecule has 0 fully saturated rings. The highest BCUT2D eigenvalue weighted by atomic mass is 16.5. The van der Waals surface area contributed by atoms with Gasteiger partial charge in [0.15, 0.2) is 0 Å². The Labute approximate surface area is 170 Å². The van der Waals surface area contributed by atoms with Crippen LogP contribution < -0.4 is 10.1 Å². The van der Waals surface area contributed by atoms with Crippen LogP contribution in [0.4, 0.5) is 11.6 Å². The Balaban J connectivity index is 1.59. The van der Waals surface area contributed by atoms with Gasteiger partial charge >= 0.3 is 0 Å². The summed E-state index contributed by atoms with van der Waals surface area (Å²) in [5, 5.41) is 3.30. The van der Waals surface area contributed by atoms with Crippen LogP contribution in [0.3, 0.4) is 0 Å². The van der Waals surface area contributed by atoms with Crippen molar-refractivity contribution in [2.45, 2.75) is 20.3 Å². The van der Waals surface area contributed by atoms with E-state index in [-0.39, 0.29) is 0 Å². The predicted octanol–water partition coefficient (Wildman–Crippen LogP) is 4.62. The fourth-order valence-corrected chi connectivity index (χ4v) is 3.24. The van der Waals surface area contributed by atoms with Crippen LogP contribution in [-0.2, 0) is 6.42 Å². The third-order valence-corrected chi connectivity index (χ3v) is 4.56. The number of nitrogens with zero attached hydrogens (tertiary/aromatic N) is 4. The van der Waals surface area contributed by atoms with Gasteiger partial charge in [0.25, 0.3) is 0 Å². The van der Waals surface area contributed by atoms with Crippen molar-refractivity contribution in [1.82, 2.24) is 19.5 Å². The van der Waals surface area contributed by atoms with Crippen LogP contribution in [-0.4, -0.2) is 26.6 Å². The molecule has 4 aromatic rings. The molecule has 0 unspecified atom stereocenters. The Kier molecular flexibility index (Phi) is 5.24. The molecule has 6 nitrogen and oxygen atoms in total. The smallest absolute Gasteiger partial charge is 0.227 e. The number of imidazole rings is 1. The van der Waals surface area contributed by atoms with Gasteiger partial charge in [-0.1, -0.05) is 30.3 Å². The molecule has 1 N–H and O–H groups in total. The first-order chi connectivity index (χ1) is 14.1. The van der Waals surface area contributed by atoms with E-state index >= 15 is 0 Å². The summed E-state index contributed by atoms with van der Waals surface area (Å²) in [5.41, 5.74) is 5.86. The van der Waals surface area contributed by atoms with Crippen LogP contribution in [0.25, 0.3) is 5.69 Å². The lowest BCUT2D eigenvalue weighted by Gasteiger charge is -2.13. The maximum Gasteiger partial charge on any atom is 0.227 e. The van der Waals surface area contributed by atoms with E-state index in [0.717, 1.165) is 40.6 Å². The Hall–Kier alpha value is -3.67. The van der Waals surface area contributed by atoms with Gasteiger partial charge < -0.3 is 14.6 Å². The number of aryl methyl sites for hydroxylation is 2. The topological polar surface area (TPSA) is 64.9 Å². The van der Waals surface area contributed by atoms with Gasteiger partial charge in [0.05, 0.1) is 30.5 Å². The van der Waals surface area contributed by atoms with Crippen molar-refractivity contribution in [2.75, 3.05) is 12.4 Å². The Morgan fingerprint density at radius 1 is 0.966 bits per heavy atom. The summed E-state index contributed by atoms with van der Waals surface area (Å²) >= 11 is 0. The van der Waals surface area contributed by atoms with Crippen LogP contribution in [0.5, 0.6) is 5.75 Å². The molecule has 146 valence electrons. The summed E-state index contributed by atoms with van der Waals surface area (Å²) in [5.74, 6) is 1.31. The number of aromatic nitrogens is 4. The van der Waals surface area contributed by atoms with E-state index in [1.54, 1.807) is 13.4 Å².